The van der Waals surface area contributed by atoms with E-state index in [1.165, 1.54) is 6.42 Å². The molecule has 0 heterocycles. The third kappa shape index (κ3) is 1.04. The van der Waals surface area contributed by atoms with Crippen molar-refractivity contribution in [2.24, 2.45) is 22.7 Å². The van der Waals surface area contributed by atoms with Crippen molar-refractivity contribution in [3.05, 3.63) is 0 Å². The third-order valence-electron chi connectivity index (χ3n) is 4.61. The zero-order valence-electron chi connectivity index (χ0n) is 9.59. The Morgan fingerprint density at radius 1 is 1.57 bits per heavy atom. The number of hydrogen-bond acceptors (Lipinski definition) is 2. The van der Waals surface area contributed by atoms with Crippen molar-refractivity contribution >= 4 is 5.78 Å². The first-order valence-electron chi connectivity index (χ1n) is 5.49. The molecular weight excluding hydrogens is 176 g/mol. The molecule has 14 heavy (non-hydrogen) atoms. The van der Waals surface area contributed by atoms with Gasteiger partial charge in [0, 0.05) is 13.5 Å². The Balaban J connectivity index is 2.21. The van der Waals surface area contributed by atoms with Crippen LogP contribution >= 0.6 is 0 Å². The summed E-state index contributed by atoms with van der Waals surface area (Å²) in [4.78, 5) is 12.0. The number of rotatable bonds is 3. The molecule has 3 atom stereocenters. The second-order valence-corrected chi connectivity index (χ2v) is 5.60. The van der Waals surface area contributed by atoms with Gasteiger partial charge in [-0.25, -0.2) is 0 Å². The Hall–Kier alpha value is -0.370. The highest BCUT2D eigenvalue weighted by atomic mass is 16.5. The highest BCUT2D eigenvalue weighted by Gasteiger charge is 2.71. The lowest BCUT2D eigenvalue weighted by atomic mass is 9.84. The lowest BCUT2D eigenvalue weighted by molar-refractivity contribution is -0.129. The summed E-state index contributed by atoms with van der Waals surface area (Å²) >= 11 is 0. The number of ketones is 1. The average Bonchev–Trinajstić information content (AvgIpc) is 2.76. The first-order chi connectivity index (χ1) is 6.47. The minimum atomic E-state index is -0.182. The zero-order chi connectivity index (χ0) is 10.6. The van der Waals surface area contributed by atoms with Crippen LogP contribution in [0.25, 0.3) is 0 Å². The summed E-state index contributed by atoms with van der Waals surface area (Å²) in [5.41, 5.74) is 0.156. The Labute approximate surface area is 86.0 Å². The fraction of sp³-hybridized carbons (Fsp3) is 0.917. The fourth-order valence-corrected chi connectivity index (χ4v) is 3.39. The molecule has 0 N–H and O–H groups in total. The van der Waals surface area contributed by atoms with Gasteiger partial charge in [0.25, 0.3) is 0 Å². The molecule has 2 fully saturated rings. The van der Waals surface area contributed by atoms with Crippen molar-refractivity contribution in [1.82, 2.24) is 0 Å². The van der Waals surface area contributed by atoms with E-state index >= 15 is 0 Å². The molecule has 0 aromatic rings. The molecule has 2 aliphatic rings. The van der Waals surface area contributed by atoms with E-state index in [2.05, 4.69) is 20.8 Å². The van der Waals surface area contributed by atoms with Crippen LogP contribution in [0.3, 0.4) is 0 Å². The third-order valence-corrected chi connectivity index (χ3v) is 4.61. The van der Waals surface area contributed by atoms with Gasteiger partial charge in [0.1, 0.15) is 5.78 Å². The van der Waals surface area contributed by atoms with Crippen LogP contribution < -0.4 is 0 Å². The van der Waals surface area contributed by atoms with Crippen LogP contribution in [0, 0.1) is 22.7 Å². The Bertz CT molecular complexity index is 271. The van der Waals surface area contributed by atoms with Crippen molar-refractivity contribution in [1.29, 1.82) is 0 Å². The highest BCUT2D eigenvalue weighted by Crippen LogP contribution is 2.72. The molecular formula is C12H20O2. The van der Waals surface area contributed by atoms with Gasteiger partial charge >= 0.3 is 0 Å². The fourth-order valence-electron chi connectivity index (χ4n) is 3.39. The Kier molecular flexibility index (Phi) is 2.04. The summed E-state index contributed by atoms with van der Waals surface area (Å²) in [5, 5.41) is 0. The van der Waals surface area contributed by atoms with E-state index in [0.717, 1.165) is 6.42 Å². The molecule has 0 bridgehead atoms. The lowest BCUT2D eigenvalue weighted by Crippen LogP contribution is -2.31. The van der Waals surface area contributed by atoms with E-state index in [4.69, 9.17) is 4.74 Å². The van der Waals surface area contributed by atoms with Crippen LogP contribution in [0.2, 0.25) is 0 Å². The molecule has 0 aliphatic heterocycles. The maximum Gasteiger partial charge on any atom is 0.141 e. The number of carbonyl (C=O) groups is 1. The Morgan fingerprint density at radius 3 is 2.64 bits per heavy atom. The van der Waals surface area contributed by atoms with Crippen molar-refractivity contribution < 1.29 is 9.53 Å². The van der Waals surface area contributed by atoms with E-state index in [1.54, 1.807) is 7.11 Å². The summed E-state index contributed by atoms with van der Waals surface area (Å²) in [6, 6.07) is 0. The maximum absolute atomic E-state index is 12.0. The summed E-state index contributed by atoms with van der Waals surface area (Å²) in [6.07, 6.45) is 2.02. The molecule has 2 aliphatic carbocycles. The molecule has 0 aromatic carbocycles. The van der Waals surface area contributed by atoms with Crippen molar-refractivity contribution in [3.63, 3.8) is 0 Å². The number of ether oxygens (including phenoxy) is 1. The molecule has 2 nitrogen and oxygen atoms in total. The van der Waals surface area contributed by atoms with Crippen molar-refractivity contribution in [3.8, 4) is 0 Å². The molecule has 2 heteroatoms. The molecule has 0 aromatic heterocycles. The number of hydrogen-bond donors (Lipinski definition) is 0. The minimum absolute atomic E-state index is 0.182. The SMILES string of the molecule is COC[C@]1(C)C(=O)C[C@]2(C(C)C)C[C@@H]21. The molecule has 2 rings (SSSR count). The highest BCUT2D eigenvalue weighted by molar-refractivity contribution is 5.90. The predicted molar refractivity (Wildman–Crippen MR) is 55.0 cm³/mol. The van der Waals surface area contributed by atoms with Crippen LogP contribution in [-0.2, 0) is 9.53 Å². The zero-order valence-corrected chi connectivity index (χ0v) is 9.59. The van der Waals surface area contributed by atoms with E-state index < -0.39 is 0 Å². The van der Waals surface area contributed by atoms with E-state index in [9.17, 15) is 4.79 Å². The first-order valence-corrected chi connectivity index (χ1v) is 5.49. The summed E-state index contributed by atoms with van der Waals surface area (Å²) in [6.45, 7) is 7.17. The summed E-state index contributed by atoms with van der Waals surface area (Å²) in [5.74, 6) is 1.64. The smallest absolute Gasteiger partial charge is 0.141 e. The molecule has 0 radical (unpaired) electrons. The van der Waals surface area contributed by atoms with Gasteiger partial charge < -0.3 is 4.74 Å². The number of methoxy groups -OCH3 is 1. The van der Waals surface area contributed by atoms with Crippen molar-refractivity contribution in [2.75, 3.05) is 13.7 Å². The molecule has 80 valence electrons. The number of fused-ring (bicyclic) bond motifs is 1. The standard InChI is InChI=1S/C12H20O2/c1-8(2)12-5-9(12)11(3,7-14-4)10(13)6-12/h8-9H,5-7H2,1-4H3/t9-,11+,12+/m1/s1. The van der Waals surface area contributed by atoms with Gasteiger partial charge in [0.2, 0.25) is 0 Å². The van der Waals surface area contributed by atoms with Crippen LogP contribution in [0.1, 0.15) is 33.6 Å². The van der Waals surface area contributed by atoms with Gasteiger partial charge in [0.05, 0.1) is 12.0 Å². The maximum atomic E-state index is 12.0. The van der Waals surface area contributed by atoms with E-state index in [1.807, 2.05) is 0 Å². The topological polar surface area (TPSA) is 26.3 Å². The van der Waals surface area contributed by atoms with Crippen LogP contribution in [0.4, 0.5) is 0 Å². The molecule has 0 saturated heterocycles. The Morgan fingerprint density at radius 2 is 2.21 bits per heavy atom. The summed E-state index contributed by atoms with van der Waals surface area (Å²) in [7, 11) is 1.69. The van der Waals surface area contributed by atoms with Gasteiger partial charge in [-0.2, -0.15) is 0 Å². The quantitative estimate of drug-likeness (QED) is 0.692. The first kappa shape index (κ1) is 10.2. The normalized spacial score (nSPS) is 45.8. The van der Waals surface area contributed by atoms with E-state index in [0.29, 0.717) is 29.6 Å². The minimum Gasteiger partial charge on any atom is -0.384 e. The second kappa shape index (κ2) is 2.82. The molecule has 0 unspecified atom stereocenters. The second-order valence-electron chi connectivity index (χ2n) is 5.60. The van der Waals surface area contributed by atoms with E-state index in [-0.39, 0.29) is 5.41 Å². The van der Waals surface area contributed by atoms with Crippen LogP contribution in [0.5, 0.6) is 0 Å². The van der Waals surface area contributed by atoms with Gasteiger partial charge in [0.15, 0.2) is 0 Å². The molecule has 0 spiro atoms. The average molecular weight is 196 g/mol. The number of carbonyl (C=O) groups excluding carboxylic acids is 1. The van der Waals surface area contributed by atoms with Gasteiger partial charge in [-0.1, -0.05) is 20.8 Å². The largest absolute Gasteiger partial charge is 0.384 e. The van der Waals surface area contributed by atoms with Gasteiger partial charge in [-0.3, -0.25) is 4.79 Å². The molecule has 0 amide bonds. The van der Waals surface area contributed by atoms with Gasteiger partial charge in [-0.15, -0.1) is 0 Å². The van der Waals surface area contributed by atoms with Crippen LogP contribution in [0.15, 0.2) is 0 Å². The summed E-state index contributed by atoms with van der Waals surface area (Å²) < 4.78 is 5.20. The number of Topliss-reactive ketones (excluding diaryl/α,β-unsaturated/α-hetero) is 1. The molecule has 2 saturated carbocycles. The predicted octanol–water partition coefficient (Wildman–Crippen LogP) is 2.27. The lowest BCUT2D eigenvalue weighted by Gasteiger charge is -2.22. The van der Waals surface area contributed by atoms with Crippen LogP contribution in [-0.4, -0.2) is 19.5 Å². The van der Waals surface area contributed by atoms with Gasteiger partial charge in [-0.05, 0) is 23.7 Å². The monoisotopic (exact) mass is 196 g/mol. The van der Waals surface area contributed by atoms with Crippen molar-refractivity contribution in [2.45, 2.75) is 33.6 Å².